The SMILES string of the molecule is CCC(Oc1cccc(C)c1)C(=O)Nc1cccc(CCC(=O)N(C)C)c1. The quantitative estimate of drug-likeness (QED) is 0.771. The molecule has 2 aromatic carbocycles. The molecule has 0 heterocycles. The van der Waals surface area contributed by atoms with Crippen molar-refractivity contribution in [3.05, 3.63) is 59.7 Å². The highest BCUT2D eigenvalue weighted by atomic mass is 16.5. The van der Waals surface area contributed by atoms with E-state index in [-0.39, 0.29) is 11.8 Å². The zero-order valence-electron chi connectivity index (χ0n) is 16.5. The Morgan fingerprint density at radius 1 is 1.11 bits per heavy atom. The van der Waals surface area contributed by atoms with Gasteiger partial charge < -0.3 is 15.0 Å². The van der Waals surface area contributed by atoms with Gasteiger partial charge in [-0.15, -0.1) is 0 Å². The summed E-state index contributed by atoms with van der Waals surface area (Å²) in [6.07, 6.45) is 1.08. The number of carbonyl (C=O) groups is 2. The van der Waals surface area contributed by atoms with Gasteiger partial charge >= 0.3 is 0 Å². The van der Waals surface area contributed by atoms with Crippen LogP contribution in [-0.4, -0.2) is 36.9 Å². The number of ether oxygens (including phenoxy) is 1. The lowest BCUT2D eigenvalue weighted by molar-refractivity contribution is -0.128. The highest BCUT2D eigenvalue weighted by molar-refractivity contribution is 5.94. The summed E-state index contributed by atoms with van der Waals surface area (Å²) in [4.78, 5) is 25.9. The van der Waals surface area contributed by atoms with Gasteiger partial charge in [-0.25, -0.2) is 0 Å². The Labute approximate surface area is 161 Å². The minimum atomic E-state index is -0.564. The number of carbonyl (C=O) groups excluding carboxylic acids is 2. The number of aryl methyl sites for hydroxylation is 2. The molecule has 1 atom stereocenters. The van der Waals surface area contributed by atoms with Crippen LogP contribution in [0, 0.1) is 6.92 Å². The third-order valence-electron chi connectivity index (χ3n) is 4.25. The first-order chi connectivity index (χ1) is 12.9. The van der Waals surface area contributed by atoms with Gasteiger partial charge in [0.25, 0.3) is 5.91 Å². The summed E-state index contributed by atoms with van der Waals surface area (Å²) in [6.45, 7) is 3.91. The van der Waals surface area contributed by atoms with Crippen LogP contribution in [0.5, 0.6) is 5.75 Å². The van der Waals surface area contributed by atoms with E-state index in [0.717, 1.165) is 11.1 Å². The van der Waals surface area contributed by atoms with Crippen LogP contribution in [0.2, 0.25) is 0 Å². The van der Waals surface area contributed by atoms with E-state index in [9.17, 15) is 9.59 Å². The monoisotopic (exact) mass is 368 g/mol. The minimum absolute atomic E-state index is 0.0852. The topological polar surface area (TPSA) is 58.6 Å². The standard InChI is InChI=1S/C22H28N2O3/c1-5-20(27-19-11-6-8-16(2)14-19)22(26)23-18-10-7-9-17(15-18)12-13-21(25)24(3)4/h6-11,14-15,20H,5,12-13H2,1-4H3,(H,23,26). The Morgan fingerprint density at radius 2 is 1.85 bits per heavy atom. The van der Waals surface area contributed by atoms with Gasteiger partial charge in [-0.1, -0.05) is 31.2 Å². The normalized spacial score (nSPS) is 11.6. The van der Waals surface area contributed by atoms with Gasteiger partial charge in [0.05, 0.1) is 0 Å². The third-order valence-corrected chi connectivity index (χ3v) is 4.25. The third kappa shape index (κ3) is 6.44. The number of benzene rings is 2. The summed E-state index contributed by atoms with van der Waals surface area (Å²) >= 11 is 0. The summed E-state index contributed by atoms with van der Waals surface area (Å²) in [7, 11) is 3.50. The number of nitrogens with zero attached hydrogens (tertiary/aromatic N) is 1. The molecule has 0 fully saturated rings. The van der Waals surface area contributed by atoms with Crippen LogP contribution in [0.1, 0.15) is 30.9 Å². The molecule has 5 heteroatoms. The average Bonchev–Trinajstić information content (AvgIpc) is 2.64. The zero-order chi connectivity index (χ0) is 19.8. The smallest absolute Gasteiger partial charge is 0.265 e. The molecular weight excluding hydrogens is 340 g/mol. The van der Waals surface area contributed by atoms with E-state index >= 15 is 0 Å². The molecule has 0 aromatic heterocycles. The number of amides is 2. The Kier molecular flexibility index (Phi) is 7.41. The van der Waals surface area contributed by atoms with E-state index < -0.39 is 6.10 Å². The molecule has 2 rings (SSSR count). The number of anilines is 1. The lowest BCUT2D eigenvalue weighted by Gasteiger charge is -2.18. The van der Waals surface area contributed by atoms with Gasteiger partial charge in [0.15, 0.2) is 6.10 Å². The molecule has 0 radical (unpaired) electrons. The van der Waals surface area contributed by atoms with Gasteiger partial charge in [-0.3, -0.25) is 9.59 Å². The fourth-order valence-electron chi connectivity index (χ4n) is 2.68. The van der Waals surface area contributed by atoms with Crippen molar-refractivity contribution >= 4 is 17.5 Å². The molecule has 0 spiro atoms. The molecule has 0 saturated carbocycles. The number of hydrogen-bond acceptors (Lipinski definition) is 3. The van der Waals surface area contributed by atoms with Gasteiger partial charge in [-0.05, 0) is 55.2 Å². The molecule has 144 valence electrons. The van der Waals surface area contributed by atoms with Gasteiger partial charge in [-0.2, -0.15) is 0 Å². The predicted molar refractivity (Wildman–Crippen MR) is 108 cm³/mol. The Hall–Kier alpha value is -2.82. The first-order valence-corrected chi connectivity index (χ1v) is 9.22. The zero-order valence-corrected chi connectivity index (χ0v) is 16.5. The number of nitrogens with one attached hydrogen (secondary N) is 1. The van der Waals surface area contributed by atoms with Crippen LogP contribution in [0.3, 0.4) is 0 Å². The Morgan fingerprint density at radius 3 is 2.52 bits per heavy atom. The second-order valence-electron chi connectivity index (χ2n) is 6.81. The van der Waals surface area contributed by atoms with E-state index in [1.54, 1.807) is 19.0 Å². The van der Waals surface area contributed by atoms with Crippen molar-refractivity contribution in [1.29, 1.82) is 0 Å². The van der Waals surface area contributed by atoms with E-state index in [1.165, 1.54) is 0 Å². The van der Waals surface area contributed by atoms with Crippen LogP contribution in [0.25, 0.3) is 0 Å². The molecule has 2 aromatic rings. The molecule has 0 aliphatic carbocycles. The minimum Gasteiger partial charge on any atom is -0.481 e. The van der Waals surface area contributed by atoms with Crippen molar-refractivity contribution in [2.75, 3.05) is 19.4 Å². The van der Waals surface area contributed by atoms with Crippen molar-refractivity contribution in [3.8, 4) is 5.75 Å². The van der Waals surface area contributed by atoms with Crippen molar-refractivity contribution in [3.63, 3.8) is 0 Å². The Balaban J connectivity index is 1.99. The fourth-order valence-corrected chi connectivity index (χ4v) is 2.68. The van der Waals surface area contributed by atoms with Crippen LogP contribution < -0.4 is 10.1 Å². The van der Waals surface area contributed by atoms with Crippen molar-refractivity contribution < 1.29 is 14.3 Å². The second-order valence-corrected chi connectivity index (χ2v) is 6.81. The summed E-state index contributed by atoms with van der Waals surface area (Å²) in [5.41, 5.74) is 2.81. The molecule has 27 heavy (non-hydrogen) atoms. The molecule has 0 bridgehead atoms. The fraction of sp³-hybridized carbons (Fsp3) is 0.364. The maximum atomic E-state index is 12.6. The summed E-state index contributed by atoms with van der Waals surface area (Å²) in [6, 6.07) is 15.2. The van der Waals surface area contributed by atoms with Crippen LogP contribution in [0.4, 0.5) is 5.69 Å². The van der Waals surface area contributed by atoms with E-state index in [0.29, 0.717) is 30.7 Å². The summed E-state index contributed by atoms with van der Waals surface area (Å²) < 4.78 is 5.85. The maximum Gasteiger partial charge on any atom is 0.265 e. The summed E-state index contributed by atoms with van der Waals surface area (Å²) in [5, 5.41) is 2.92. The lowest BCUT2D eigenvalue weighted by atomic mass is 10.1. The van der Waals surface area contributed by atoms with Crippen LogP contribution in [-0.2, 0) is 16.0 Å². The van der Waals surface area contributed by atoms with Gasteiger partial charge in [0, 0.05) is 26.2 Å². The molecule has 1 unspecified atom stereocenters. The van der Waals surface area contributed by atoms with E-state index in [2.05, 4.69) is 5.32 Å². The van der Waals surface area contributed by atoms with Crippen molar-refractivity contribution in [2.24, 2.45) is 0 Å². The van der Waals surface area contributed by atoms with Crippen molar-refractivity contribution in [1.82, 2.24) is 4.90 Å². The second kappa shape index (κ2) is 9.76. The molecule has 0 saturated heterocycles. The van der Waals surface area contributed by atoms with Crippen LogP contribution >= 0.6 is 0 Å². The number of hydrogen-bond donors (Lipinski definition) is 1. The Bertz CT molecular complexity index is 787. The molecule has 1 N–H and O–H groups in total. The van der Waals surface area contributed by atoms with Gasteiger partial charge in [0.2, 0.25) is 5.91 Å². The predicted octanol–water partition coefficient (Wildman–Crippen LogP) is 3.81. The first-order valence-electron chi connectivity index (χ1n) is 9.22. The van der Waals surface area contributed by atoms with E-state index in [1.807, 2.05) is 62.4 Å². The molecular formula is C22H28N2O3. The summed E-state index contributed by atoms with van der Waals surface area (Å²) in [5.74, 6) is 0.593. The van der Waals surface area contributed by atoms with Crippen molar-refractivity contribution in [2.45, 2.75) is 39.2 Å². The van der Waals surface area contributed by atoms with E-state index in [4.69, 9.17) is 4.74 Å². The van der Waals surface area contributed by atoms with Crippen LogP contribution in [0.15, 0.2) is 48.5 Å². The lowest BCUT2D eigenvalue weighted by Crippen LogP contribution is -2.32. The highest BCUT2D eigenvalue weighted by Crippen LogP contribution is 2.18. The molecule has 0 aliphatic rings. The van der Waals surface area contributed by atoms with Gasteiger partial charge in [0.1, 0.15) is 5.75 Å². The largest absolute Gasteiger partial charge is 0.481 e. The maximum absolute atomic E-state index is 12.6. The molecule has 0 aliphatic heterocycles. The average molecular weight is 368 g/mol. The highest BCUT2D eigenvalue weighted by Gasteiger charge is 2.18. The first kappa shape index (κ1) is 20.5. The molecule has 5 nitrogen and oxygen atoms in total. The number of rotatable bonds is 8. The molecule has 2 amide bonds.